The van der Waals surface area contributed by atoms with E-state index in [0.717, 1.165) is 12.6 Å². The number of aliphatic carboxylic acids is 1. The Kier molecular flexibility index (Phi) is 5.25. The molecule has 0 aliphatic carbocycles. The lowest BCUT2D eigenvalue weighted by atomic mass is 10.1. The van der Waals surface area contributed by atoms with Crippen LogP contribution >= 0.6 is 11.3 Å². The Labute approximate surface area is 127 Å². The van der Waals surface area contributed by atoms with Gasteiger partial charge in [0, 0.05) is 29.6 Å². The van der Waals surface area contributed by atoms with Gasteiger partial charge in [0.25, 0.3) is 0 Å². The first-order valence-corrected chi connectivity index (χ1v) is 7.33. The van der Waals surface area contributed by atoms with E-state index in [1.54, 1.807) is 23.5 Å². The Hall–Kier alpha value is -1.98. The molecular formula is C16H16FNO2S. The first kappa shape index (κ1) is 15.4. The molecule has 0 bridgehead atoms. The highest BCUT2D eigenvalue weighted by molar-refractivity contribution is 7.09. The number of carboxylic acid groups (broad SMARTS) is 1. The molecule has 3 nitrogen and oxygen atoms in total. The van der Waals surface area contributed by atoms with Crippen molar-refractivity contribution in [3.8, 4) is 0 Å². The maximum absolute atomic E-state index is 14.0. The number of carboxylic acids is 1. The maximum Gasteiger partial charge on any atom is 0.328 e. The minimum atomic E-state index is -1.05. The van der Waals surface area contributed by atoms with E-state index in [2.05, 4.69) is 6.07 Å². The molecule has 110 valence electrons. The van der Waals surface area contributed by atoms with E-state index in [4.69, 9.17) is 5.11 Å². The molecule has 0 saturated heterocycles. The van der Waals surface area contributed by atoms with E-state index in [9.17, 15) is 9.18 Å². The second kappa shape index (κ2) is 7.15. The summed E-state index contributed by atoms with van der Waals surface area (Å²) in [7, 11) is 1.94. The molecule has 21 heavy (non-hydrogen) atoms. The van der Waals surface area contributed by atoms with Gasteiger partial charge in [-0.1, -0.05) is 18.2 Å². The maximum atomic E-state index is 14.0. The second-order valence-corrected chi connectivity index (χ2v) is 5.81. The van der Waals surface area contributed by atoms with Crippen LogP contribution in [0.1, 0.15) is 16.0 Å². The zero-order valence-corrected chi connectivity index (χ0v) is 12.4. The number of hydrogen-bond acceptors (Lipinski definition) is 3. The van der Waals surface area contributed by atoms with Gasteiger partial charge in [0.15, 0.2) is 0 Å². The Morgan fingerprint density at radius 3 is 2.81 bits per heavy atom. The molecule has 0 aliphatic rings. The molecule has 1 aromatic heterocycles. The lowest BCUT2D eigenvalue weighted by Gasteiger charge is -2.16. The van der Waals surface area contributed by atoms with Crippen molar-refractivity contribution in [2.45, 2.75) is 13.1 Å². The number of nitrogens with zero attached hydrogens (tertiary/aromatic N) is 1. The second-order valence-electron chi connectivity index (χ2n) is 4.77. The number of thiophene rings is 1. The molecule has 0 spiro atoms. The van der Waals surface area contributed by atoms with Crippen molar-refractivity contribution in [1.82, 2.24) is 4.90 Å². The number of hydrogen-bond donors (Lipinski definition) is 1. The molecule has 0 fully saturated rings. The average Bonchev–Trinajstić information content (AvgIpc) is 2.92. The Balaban J connectivity index is 2.02. The zero-order valence-electron chi connectivity index (χ0n) is 11.6. The van der Waals surface area contributed by atoms with Gasteiger partial charge in [-0.15, -0.1) is 11.3 Å². The Morgan fingerprint density at radius 2 is 2.19 bits per heavy atom. The molecule has 0 aliphatic heterocycles. The molecule has 0 unspecified atom stereocenters. The van der Waals surface area contributed by atoms with Crippen LogP contribution in [-0.4, -0.2) is 23.0 Å². The molecule has 0 atom stereocenters. The Bertz CT molecular complexity index is 638. The molecule has 0 amide bonds. The van der Waals surface area contributed by atoms with Crippen molar-refractivity contribution in [2.24, 2.45) is 0 Å². The van der Waals surface area contributed by atoms with E-state index in [1.165, 1.54) is 17.0 Å². The summed E-state index contributed by atoms with van der Waals surface area (Å²) < 4.78 is 14.0. The van der Waals surface area contributed by atoms with Crippen molar-refractivity contribution < 1.29 is 14.3 Å². The minimum absolute atomic E-state index is 0.319. The smallest absolute Gasteiger partial charge is 0.328 e. The standard InChI is InChI=1S/C16H16FNO2S/c1-18(11-14-3-2-8-21-14)10-13-6-4-12(9-15(13)17)5-7-16(19)20/h2-9H,10-11H2,1H3,(H,19,20). The number of rotatable bonds is 6. The highest BCUT2D eigenvalue weighted by atomic mass is 32.1. The van der Waals surface area contributed by atoms with E-state index < -0.39 is 5.97 Å². The van der Waals surface area contributed by atoms with Crippen molar-refractivity contribution in [3.63, 3.8) is 0 Å². The lowest BCUT2D eigenvalue weighted by Crippen LogP contribution is -2.17. The van der Waals surface area contributed by atoms with E-state index in [-0.39, 0.29) is 5.82 Å². The fourth-order valence-electron chi connectivity index (χ4n) is 1.98. The van der Waals surface area contributed by atoms with E-state index in [1.807, 2.05) is 23.4 Å². The van der Waals surface area contributed by atoms with Gasteiger partial charge < -0.3 is 5.11 Å². The van der Waals surface area contributed by atoms with Gasteiger partial charge >= 0.3 is 5.97 Å². The summed E-state index contributed by atoms with van der Waals surface area (Å²) in [6.07, 6.45) is 2.38. The molecular weight excluding hydrogens is 289 g/mol. The van der Waals surface area contributed by atoms with Crippen LogP contribution < -0.4 is 0 Å². The Morgan fingerprint density at radius 1 is 1.38 bits per heavy atom. The summed E-state index contributed by atoms with van der Waals surface area (Å²) >= 11 is 1.68. The van der Waals surface area contributed by atoms with Gasteiger partial charge in [0.05, 0.1) is 0 Å². The predicted octanol–water partition coefficient (Wildman–Crippen LogP) is 3.62. The minimum Gasteiger partial charge on any atom is -0.478 e. The summed E-state index contributed by atoms with van der Waals surface area (Å²) in [5.41, 5.74) is 1.14. The molecule has 1 aromatic carbocycles. The highest BCUT2D eigenvalue weighted by Gasteiger charge is 2.07. The molecule has 0 radical (unpaired) electrons. The third-order valence-electron chi connectivity index (χ3n) is 2.94. The van der Waals surface area contributed by atoms with Crippen molar-refractivity contribution >= 4 is 23.4 Å². The van der Waals surface area contributed by atoms with Crippen molar-refractivity contribution in [3.05, 3.63) is 63.6 Å². The summed E-state index contributed by atoms with van der Waals surface area (Å²) in [4.78, 5) is 13.7. The molecule has 2 rings (SSSR count). The first-order valence-electron chi connectivity index (χ1n) is 6.45. The molecule has 5 heteroatoms. The van der Waals surface area contributed by atoms with Gasteiger partial charge in [-0.05, 0) is 36.2 Å². The molecule has 1 N–H and O–H groups in total. The van der Waals surface area contributed by atoms with Crippen LogP contribution in [-0.2, 0) is 17.9 Å². The van der Waals surface area contributed by atoms with Gasteiger partial charge in [0.2, 0.25) is 0 Å². The van der Waals surface area contributed by atoms with E-state index in [0.29, 0.717) is 17.7 Å². The number of carbonyl (C=O) groups is 1. The highest BCUT2D eigenvalue weighted by Crippen LogP contribution is 2.16. The number of halogens is 1. The normalized spacial score (nSPS) is 11.4. The summed E-state index contributed by atoms with van der Waals surface area (Å²) in [6, 6.07) is 8.82. The van der Waals surface area contributed by atoms with Crippen LogP contribution in [0.5, 0.6) is 0 Å². The largest absolute Gasteiger partial charge is 0.478 e. The topological polar surface area (TPSA) is 40.5 Å². The molecule has 0 saturated carbocycles. The van der Waals surface area contributed by atoms with Crippen LogP contribution in [0.3, 0.4) is 0 Å². The first-order chi connectivity index (χ1) is 10.0. The zero-order chi connectivity index (χ0) is 15.2. The fraction of sp³-hybridized carbons (Fsp3) is 0.188. The van der Waals surface area contributed by atoms with E-state index >= 15 is 0 Å². The van der Waals surface area contributed by atoms with Gasteiger partial charge in [-0.3, -0.25) is 4.90 Å². The molecule has 2 aromatic rings. The van der Waals surface area contributed by atoms with Crippen LogP contribution in [0.15, 0.2) is 41.8 Å². The van der Waals surface area contributed by atoms with Crippen molar-refractivity contribution in [1.29, 1.82) is 0 Å². The van der Waals surface area contributed by atoms with Gasteiger partial charge in [0.1, 0.15) is 5.82 Å². The fourth-order valence-corrected chi connectivity index (χ4v) is 2.76. The monoisotopic (exact) mass is 305 g/mol. The quantitative estimate of drug-likeness (QED) is 0.829. The molecule has 1 heterocycles. The van der Waals surface area contributed by atoms with Gasteiger partial charge in [-0.2, -0.15) is 0 Å². The van der Waals surface area contributed by atoms with Crippen LogP contribution in [0.4, 0.5) is 4.39 Å². The van der Waals surface area contributed by atoms with Crippen LogP contribution in [0, 0.1) is 5.82 Å². The average molecular weight is 305 g/mol. The predicted molar refractivity (Wildman–Crippen MR) is 82.6 cm³/mol. The van der Waals surface area contributed by atoms with Crippen LogP contribution in [0.25, 0.3) is 6.08 Å². The summed E-state index contributed by atoms with van der Waals surface area (Å²) in [6.45, 7) is 1.28. The third kappa shape index (κ3) is 4.81. The SMILES string of the molecule is CN(Cc1cccs1)Cc1ccc(C=CC(=O)O)cc1F. The van der Waals surface area contributed by atoms with Gasteiger partial charge in [-0.25, -0.2) is 9.18 Å². The third-order valence-corrected chi connectivity index (χ3v) is 3.80. The van der Waals surface area contributed by atoms with Crippen LogP contribution in [0.2, 0.25) is 0 Å². The van der Waals surface area contributed by atoms with Crippen molar-refractivity contribution in [2.75, 3.05) is 7.05 Å². The summed E-state index contributed by atoms with van der Waals surface area (Å²) in [5, 5.41) is 10.6. The number of benzene rings is 1. The summed E-state index contributed by atoms with van der Waals surface area (Å²) in [5.74, 6) is -1.37. The lowest BCUT2D eigenvalue weighted by molar-refractivity contribution is -0.131.